The molecule has 1 aliphatic rings. The van der Waals surface area contributed by atoms with Gasteiger partial charge in [0, 0.05) is 10.8 Å². The van der Waals surface area contributed by atoms with E-state index in [1.165, 1.54) is 42.8 Å². The van der Waals surface area contributed by atoms with E-state index in [2.05, 4.69) is 45.4 Å². The van der Waals surface area contributed by atoms with Crippen LogP contribution < -0.4 is 5.32 Å². The Morgan fingerprint density at radius 1 is 1.16 bits per heavy atom. The monoisotopic (exact) mass is 280 g/mol. The lowest BCUT2D eigenvalue weighted by Crippen LogP contribution is -2.44. The van der Waals surface area contributed by atoms with Crippen LogP contribution in [0.15, 0.2) is 5.38 Å². The minimum absolute atomic E-state index is 0.0502. The summed E-state index contributed by atoms with van der Waals surface area (Å²) in [6, 6.07) is 0. The predicted octanol–water partition coefficient (Wildman–Crippen LogP) is 4.46. The Labute approximate surface area is 122 Å². The van der Waals surface area contributed by atoms with Crippen molar-refractivity contribution >= 4 is 11.3 Å². The molecule has 0 aliphatic heterocycles. The Kier molecular flexibility index (Phi) is 4.36. The first kappa shape index (κ1) is 15.0. The molecule has 2 nitrogen and oxygen atoms in total. The van der Waals surface area contributed by atoms with Gasteiger partial charge in [-0.05, 0) is 32.7 Å². The van der Waals surface area contributed by atoms with E-state index in [1.807, 2.05) is 11.3 Å². The van der Waals surface area contributed by atoms with E-state index in [4.69, 9.17) is 4.98 Å². The number of rotatable bonds is 3. The fraction of sp³-hybridized carbons (Fsp3) is 0.812. The first-order valence-electron chi connectivity index (χ1n) is 7.53. The first-order chi connectivity index (χ1) is 8.88. The van der Waals surface area contributed by atoms with Gasteiger partial charge in [-0.25, -0.2) is 4.98 Å². The zero-order valence-corrected chi connectivity index (χ0v) is 13.9. The molecule has 0 saturated heterocycles. The molecule has 1 saturated carbocycles. The molecule has 0 bridgehead atoms. The van der Waals surface area contributed by atoms with Crippen molar-refractivity contribution in [3.05, 3.63) is 16.1 Å². The van der Waals surface area contributed by atoms with Crippen LogP contribution in [0.3, 0.4) is 0 Å². The van der Waals surface area contributed by atoms with Gasteiger partial charge in [0.05, 0.1) is 11.2 Å². The third-order valence-electron chi connectivity index (χ3n) is 4.66. The van der Waals surface area contributed by atoms with E-state index < -0.39 is 0 Å². The van der Waals surface area contributed by atoms with Crippen LogP contribution in [0.4, 0.5) is 0 Å². The molecule has 1 unspecified atom stereocenters. The third-order valence-corrected chi connectivity index (χ3v) is 5.74. The highest BCUT2D eigenvalue weighted by Crippen LogP contribution is 2.40. The minimum Gasteiger partial charge on any atom is -0.308 e. The van der Waals surface area contributed by atoms with E-state index in [0.717, 1.165) is 5.92 Å². The Morgan fingerprint density at radius 2 is 1.79 bits per heavy atom. The number of nitrogens with zero attached hydrogens (tertiary/aromatic N) is 1. The molecule has 0 amide bonds. The molecule has 1 N–H and O–H groups in total. The molecule has 1 heterocycles. The van der Waals surface area contributed by atoms with E-state index in [9.17, 15) is 0 Å². The highest BCUT2D eigenvalue weighted by Gasteiger charge is 2.38. The maximum atomic E-state index is 4.96. The van der Waals surface area contributed by atoms with Crippen LogP contribution in [-0.4, -0.2) is 12.0 Å². The van der Waals surface area contributed by atoms with Crippen LogP contribution in [0.25, 0.3) is 0 Å². The lowest BCUT2D eigenvalue weighted by Gasteiger charge is -2.38. The Hall–Kier alpha value is -0.410. The lowest BCUT2D eigenvalue weighted by molar-refractivity contribution is 0.187. The summed E-state index contributed by atoms with van der Waals surface area (Å²) in [4.78, 5) is 4.96. The molecule has 3 heteroatoms. The van der Waals surface area contributed by atoms with Crippen molar-refractivity contribution in [2.45, 2.75) is 70.8 Å². The van der Waals surface area contributed by atoms with Crippen molar-refractivity contribution in [3.8, 4) is 0 Å². The summed E-state index contributed by atoms with van der Waals surface area (Å²) in [5.74, 6) is 0.727. The summed E-state index contributed by atoms with van der Waals surface area (Å²) in [5, 5.41) is 7.09. The van der Waals surface area contributed by atoms with E-state index in [1.54, 1.807) is 0 Å². The van der Waals surface area contributed by atoms with Crippen molar-refractivity contribution in [1.82, 2.24) is 10.3 Å². The average molecular weight is 280 g/mol. The van der Waals surface area contributed by atoms with Gasteiger partial charge in [-0.1, -0.05) is 40.0 Å². The summed E-state index contributed by atoms with van der Waals surface area (Å²) in [6.45, 7) is 9.06. The average Bonchev–Trinajstić information content (AvgIpc) is 2.89. The second-order valence-electron chi connectivity index (χ2n) is 7.08. The molecule has 1 aliphatic carbocycles. The Bertz CT molecular complexity index is 413. The highest BCUT2D eigenvalue weighted by molar-refractivity contribution is 7.09. The van der Waals surface area contributed by atoms with Crippen LogP contribution in [0.1, 0.15) is 70.5 Å². The number of aromatic nitrogens is 1. The fourth-order valence-electron chi connectivity index (χ4n) is 3.02. The maximum absolute atomic E-state index is 4.96. The molecular formula is C16H28N2S. The van der Waals surface area contributed by atoms with Gasteiger partial charge in [-0.15, -0.1) is 11.3 Å². The second kappa shape index (κ2) is 5.53. The van der Waals surface area contributed by atoms with E-state index >= 15 is 0 Å². The molecule has 108 valence electrons. The normalized spacial score (nSPS) is 21.3. The van der Waals surface area contributed by atoms with Gasteiger partial charge < -0.3 is 5.32 Å². The summed E-state index contributed by atoms with van der Waals surface area (Å²) in [5.41, 5.74) is 1.43. The zero-order chi connectivity index (χ0) is 14.1. The van der Waals surface area contributed by atoms with E-state index in [-0.39, 0.29) is 11.0 Å². The van der Waals surface area contributed by atoms with Crippen molar-refractivity contribution in [2.75, 3.05) is 7.05 Å². The van der Waals surface area contributed by atoms with Crippen LogP contribution >= 0.6 is 11.3 Å². The SMILES string of the molecule is CNC(C)(c1nc(C(C)(C)C)cs1)C1CCCCC1. The quantitative estimate of drug-likeness (QED) is 0.884. The highest BCUT2D eigenvalue weighted by atomic mass is 32.1. The summed E-state index contributed by atoms with van der Waals surface area (Å²) < 4.78 is 0. The Morgan fingerprint density at radius 3 is 2.26 bits per heavy atom. The van der Waals surface area contributed by atoms with Gasteiger partial charge >= 0.3 is 0 Å². The van der Waals surface area contributed by atoms with Gasteiger partial charge in [0.2, 0.25) is 0 Å². The fourth-order valence-corrected chi connectivity index (χ4v) is 4.32. The van der Waals surface area contributed by atoms with Gasteiger partial charge in [0.25, 0.3) is 0 Å². The minimum atomic E-state index is 0.0502. The summed E-state index contributed by atoms with van der Waals surface area (Å²) >= 11 is 1.83. The van der Waals surface area contributed by atoms with E-state index in [0.29, 0.717) is 0 Å². The Balaban J connectivity index is 2.27. The molecule has 0 aromatic carbocycles. The third kappa shape index (κ3) is 3.03. The zero-order valence-electron chi connectivity index (χ0n) is 13.0. The number of hydrogen-bond acceptors (Lipinski definition) is 3. The van der Waals surface area contributed by atoms with Crippen LogP contribution in [0, 0.1) is 5.92 Å². The molecular weight excluding hydrogens is 252 g/mol. The molecule has 2 rings (SSSR count). The van der Waals surface area contributed by atoms with Gasteiger partial charge in [0.1, 0.15) is 5.01 Å². The smallest absolute Gasteiger partial charge is 0.113 e. The van der Waals surface area contributed by atoms with Crippen LogP contribution in [0.2, 0.25) is 0 Å². The predicted molar refractivity (Wildman–Crippen MR) is 83.8 cm³/mol. The van der Waals surface area contributed by atoms with Gasteiger partial charge in [-0.2, -0.15) is 0 Å². The molecule has 1 aromatic heterocycles. The first-order valence-corrected chi connectivity index (χ1v) is 8.41. The number of thiazole rings is 1. The molecule has 0 radical (unpaired) electrons. The molecule has 1 aromatic rings. The number of nitrogens with one attached hydrogen (secondary N) is 1. The molecule has 19 heavy (non-hydrogen) atoms. The van der Waals surface area contributed by atoms with Crippen LogP contribution in [-0.2, 0) is 11.0 Å². The van der Waals surface area contributed by atoms with Gasteiger partial charge in [-0.3, -0.25) is 0 Å². The van der Waals surface area contributed by atoms with Crippen LogP contribution in [0.5, 0.6) is 0 Å². The number of hydrogen-bond donors (Lipinski definition) is 1. The largest absolute Gasteiger partial charge is 0.308 e. The van der Waals surface area contributed by atoms with Crippen molar-refractivity contribution in [1.29, 1.82) is 0 Å². The lowest BCUT2D eigenvalue weighted by atomic mass is 9.76. The molecule has 0 spiro atoms. The molecule has 1 atom stereocenters. The summed E-state index contributed by atoms with van der Waals surface area (Å²) in [6.07, 6.45) is 6.82. The second-order valence-corrected chi connectivity index (χ2v) is 7.93. The van der Waals surface area contributed by atoms with Crippen molar-refractivity contribution in [3.63, 3.8) is 0 Å². The van der Waals surface area contributed by atoms with Gasteiger partial charge in [0.15, 0.2) is 0 Å². The standard InChI is InChI=1S/C16H28N2S/c1-15(2,3)13-11-19-14(18-13)16(4,17-5)12-9-7-6-8-10-12/h11-12,17H,6-10H2,1-5H3. The summed E-state index contributed by atoms with van der Waals surface area (Å²) in [7, 11) is 2.09. The topological polar surface area (TPSA) is 24.9 Å². The van der Waals surface area contributed by atoms with Crippen molar-refractivity contribution in [2.24, 2.45) is 5.92 Å². The maximum Gasteiger partial charge on any atom is 0.113 e. The van der Waals surface area contributed by atoms with Crippen molar-refractivity contribution < 1.29 is 0 Å². The molecule has 1 fully saturated rings.